The van der Waals surface area contributed by atoms with Gasteiger partial charge in [-0.25, -0.2) is 14.6 Å². The van der Waals surface area contributed by atoms with Crippen molar-refractivity contribution in [3.05, 3.63) is 108 Å². The lowest BCUT2D eigenvalue weighted by Crippen LogP contribution is -2.51. The summed E-state index contributed by atoms with van der Waals surface area (Å²) in [4.78, 5) is 56.3. The standard InChI is InChI=1S/C38H41N4O8PS/c1-4-50-37(47)26-15-13-25(14-16-26)34(43)41-42-21-27(28-10-6-8-12-32(28)42)20-31(36(45)46)40-35(44)29(19-23(2)3)38(48,51-49)22-52-33-18-17-24-9-5-7-11-30(24)39-33/h5-18,21,23,29,31,48H,4,19-20,22,51H2,1-3H3,(H,40,44)(H,41,43)(H,45,46)/t29?,31-,38?/m0/s1. The minimum Gasteiger partial charge on any atom is -0.480 e. The van der Waals surface area contributed by atoms with Gasteiger partial charge in [0.1, 0.15) is 11.4 Å². The van der Waals surface area contributed by atoms with Crippen molar-refractivity contribution in [3.63, 3.8) is 0 Å². The van der Waals surface area contributed by atoms with Crippen LogP contribution >= 0.6 is 20.2 Å². The molecule has 3 aromatic carbocycles. The van der Waals surface area contributed by atoms with Gasteiger partial charge in [0, 0.05) is 34.7 Å². The van der Waals surface area contributed by atoms with Gasteiger partial charge in [-0.1, -0.05) is 56.3 Å². The maximum atomic E-state index is 13.9. The number of hydrogen-bond acceptors (Lipinski definition) is 9. The Bertz CT molecular complexity index is 2100. The van der Waals surface area contributed by atoms with E-state index in [0.29, 0.717) is 27.1 Å². The van der Waals surface area contributed by atoms with Crippen LogP contribution in [0.3, 0.4) is 0 Å². The van der Waals surface area contributed by atoms with E-state index in [0.717, 1.165) is 10.9 Å². The van der Waals surface area contributed by atoms with Crippen molar-refractivity contribution < 1.29 is 38.7 Å². The summed E-state index contributed by atoms with van der Waals surface area (Å²) in [5.41, 5.74) is 5.26. The Hall–Kier alpha value is -4.97. The number of aliphatic carboxylic acids is 1. The van der Waals surface area contributed by atoms with Crippen LogP contribution in [0.25, 0.3) is 21.8 Å². The van der Waals surface area contributed by atoms with Gasteiger partial charge < -0.3 is 24.8 Å². The summed E-state index contributed by atoms with van der Waals surface area (Å²) in [5, 5.41) is 24.9. The molecule has 5 aromatic rings. The highest BCUT2D eigenvalue weighted by Crippen LogP contribution is 2.38. The number of carboxylic acid groups (broad SMARTS) is 1. The Morgan fingerprint density at radius 3 is 2.35 bits per heavy atom. The van der Waals surface area contributed by atoms with Crippen molar-refractivity contribution in [1.82, 2.24) is 15.0 Å². The van der Waals surface area contributed by atoms with Gasteiger partial charge in [-0.2, -0.15) is 0 Å². The third-order valence-electron chi connectivity index (χ3n) is 8.57. The molecule has 52 heavy (non-hydrogen) atoms. The molecule has 0 aliphatic rings. The van der Waals surface area contributed by atoms with Crippen LogP contribution in [0.1, 0.15) is 53.5 Å². The number of thioether (sulfide) groups is 1. The summed E-state index contributed by atoms with van der Waals surface area (Å²) in [6.07, 6.45) is 1.61. The number of esters is 1. The first-order chi connectivity index (χ1) is 24.9. The molecule has 0 aliphatic heterocycles. The lowest BCUT2D eigenvalue weighted by Gasteiger charge is -2.32. The van der Waals surface area contributed by atoms with Crippen LogP contribution in [0.15, 0.2) is 96.2 Å². The SMILES string of the molecule is CCOC(=O)c1ccc(C(=O)Nn2cc(C[C@H](NC(=O)C(CC(C)C)C(O)(CSc3ccc4ccccc4n3)[PH2]=O)C(=O)O)c3ccccc32)cc1. The van der Waals surface area contributed by atoms with Gasteiger partial charge >= 0.3 is 11.9 Å². The number of fused-ring (bicyclic) bond motifs is 2. The Kier molecular flexibility index (Phi) is 12.5. The maximum Gasteiger partial charge on any atom is 0.338 e. The van der Waals surface area contributed by atoms with Crippen molar-refractivity contribution in [2.24, 2.45) is 11.8 Å². The highest BCUT2D eigenvalue weighted by molar-refractivity contribution is 7.99. The average Bonchev–Trinajstić information content (AvgIpc) is 3.48. The quantitative estimate of drug-likeness (QED) is 0.0552. The highest BCUT2D eigenvalue weighted by Gasteiger charge is 2.42. The number of nitrogens with zero attached hydrogens (tertiary/aromatic N) is 2. The molecule has 2 aromatic heterocycles. The van der Waals surface area contributed by atoms with Crippen LogP contribution in [0, 0.1) is 11.8 Å². The number of carboxylic acids is 1. The van der Waals surface area contributed by atoms with Gasteiger partial charge in [-0.15, -0.1) is 11.8 Å². The van der Waals surface area contributed by atoms with Crippen molar-refractivity contribution >= 4 is 65.8 Å². The first-order valence-corrected chi connectivity index (χ1v) is 18.8. The van der Waals surface area contributed by atoms with Gasteiger partial charge in [-0.3, -0.25) is 19.7 Å². The first kappa shape index (κ1) is 38.3. The van der Waals surface area contributed by atoms with Crippen LogP contribution in [0.2, 0.25) is 0 Å². The molecule has 3 unspecified atom stereocenters. The molecule has 0 fully saturated rings. The van der Waals surface area contributed by atoms with Gasteiger partial charge in [0.25, 0.3) is 5.91 Å². The van der Waals surface area contributed by atoms with E-state index < -0.39 is 49.5 Å². The second kappa shape index (κ2) is 17.0. The van der Waals surface area contributed by atoms with Gasteiger partial charge in [0.2, 0.25) is 5.91 Å². The molecule has 4 atom stereocenters. The number of benzene rings is 3. The number of hydrogen-bond donors (Lipinski definition) is 4. The van der Waals surface area contributed by atoms with Gasteiger partial charge in [0.05, 0.1) is 42.6 Å². The molecule has 0 radical (unpaired) electrons. The average molecular weight is 745 g/mol. The Morgan fingerprint density at radius 2 is 1.65 bits per heavy atom. The Balaban J connectivity index is 1.34. The van der Waals surface area contributed by atoms with E-state index in [-0.39, 0.29) is 36.7 Å². The number of nitrogens with one attached hydrogen (secondary N) is 2. The fourth-order valence-electron chi connectivity index (χ4n) is 5.89. The Morgan fingerprint density at radius 1 is 0.962 bits per heavy atom. The molecule has 12 nitrogen and oxygen atoms in total. The second-order valence-electron chi connectivity index (χ2n) is 12.8. The van der Waals surface area contributed by atoms with E-state index in [1.807, 2.05) is 44.2 Å². The van der Waals surface area contributed by atoms with E-state index in [2.05, 4.69) is 15.7 Å². The number of para-hydroxylation sites is 2. The van der Waals surface area contributed by atoms with Gasteiger partial charge in [-0.05, 0) is 67.3 Å². The molecule has 5 rings (SSSR count). The molecule has 272 valence electrons. The molecule has 2 amide bonds. The molecule has 0 saturated heterocycles. The fourth-order valence-corrected chi connectivity index (χ4v) is 7.77. The predicted octanol–water partition coefficient (Wildman–Crippen LogP) is 5.76. The zero-order chi connectivity index (χ0) is 37.4. The molecular weight excluding hydrogens is 703 g/mol. The number of rotatable bonds is 16. The molecule has 0 saturated carbocycles. The monoisotopic (exact) mass is 744 g/mol. The summed E-state index contributed by atoms with van der Waals surface area (Å²) in [6, 6.07) is 22.9. The molecule has 2 heterocycles. The number of carbonyl (C=O) groups excluding carboxylic acids is 3. The summed E-state index contributed by atoms with van der Waals surface area (Å²) in [7, 11) is -1.86. The zero-order valence-electron chi connectivity index (χ0n) is 28.9. The summed E-state index contributed by atoms with van der Waals surface area (Å²) in [6.45, 7) is 5.66. The largest absolute Gasteiger partial charge is 0.480 e. The smallest absolute Gasteiger partial charge is 0.338 e. The van der Waals surface area contributed by atoms with Crippen molar-refractivity contribution in [2.45, 2.75) is 50.0 Å². The topological polar surface area (TPSA) is 177 Å². The van der Waals surface area contributed by atoms with Crippen molar-refractivity contribution in [1.29, 1.82) is 0 Å². The van der Waals surface area contributed by atoms with E-state index in [4.69, 9.17) is 4.74 Å². The lowest BCUT2D eigenvalue weighted by atomic mass is 9.90. The molecule has 4 N–H and O–H groups in total. The molecular formula is C38H41N4O8PS. The normalized spacial score (nSPS) is 13.9. The second-order valence-corrected chi connectivity index (χ2v) is 15.0. The van der Waals surface area contributed by atoms with Crippen LogP contribution < -0.4 is 10.7 Å². The number of aromatic nitrogens is 2. The summed E-state index contributed by atoms with van der Waals surface area (Å²) < 4.78 is 19.2. The minimum absolute atomic E-state index is 0.0803. The molecule has 0 aliphatic carbocycles. The van der Waals surface area contributed by atoms with Crippen LogP contribution in [0.5, 0.6) is 0 Å². The lowest BCUT2D eigenvalue weighted by molar-refractivity contribution is -0.143. The zero-order valence-corrected chi connectivity index (χ0v) is 30.9. The van der Waals surface area contributed by atoms with Crippen LogP contribution in [-0.4, -0.2) is 67.4 Å². The van der Waals surface area contributed by atoms with Crippen LogP contribution in [0.4, 0.5) is 0 Å². The van der Waals surface area contributed by atoms with E-state index in [1.54, 1.807) is 43.5 Å². The van der Waals surface area contributed by atoms with E-state index >= 15 is 0 Å². The molecule has 0 spiro atoms. The maximum absolute atomic E-state index is 13.9. The van der Waals surface area contributed by atoms with Gasteiger partial charge in [0.15, 0.2) is 0 Å². The third-order valence-corrected chi connectivity index (χ3v) is 11.0. The number of aliphatic hydroxyl groups is 1. The number of carbonyl (C=O) groups is 4. The first-order valence-electron chi connectivity index (χ1n) is 16.8. The minimum atomic E-state index is -1.91. The number of amides is 2. The van der Waals surface area contributed by atoms with E-state index in [1.165, 1.54) is 40.7 Å². The predicted molar refractivity (Wildman–Crippen MR) is 202 cm³/mol. The number of ether oxygens (including phenoxy) is 1. The van der Waals surface area contributed by atoms with Crippen LogP contribution in [-0.2, 0) is 25.3 Å². The van der Waals surface area contributed by atoms with E-state index in [9.17, 15) is 34.0 Å². The molecule has 14 heteroatoms. The fraction of sp³-hybridized carbons (Fsp3) is 0.289. The highest BCUT2D eigenvalue weighted by atomic mass is 32.2. The summed E-state index contributed by atoms with van der Waals surface area (Å²) >= 11 is 1.18. The Labute approximate surface area is 306 Å². The summed E-state index contributed by atoms with van der Waals surface area (Å²) in [5.74, 6) is -4.32. The van der Waals surface area contributed by atoms with Crippen molar-refractivity contribution in [3.8, 4) is 0 Å². The van der Waals surface area contributed by atoms with Crippen molar-refractivity contribution in [2.75, 3.05) is 17.8 Å². The molecule has 0 bridgehead atoms. The third kappa shape index (κ3) is 9.08. The number of pyridine rings is 1.